The van der Waals surface area contributed by atoms with Gasteiger partial charge in [0.25, 0.3) is 0 Å². The SMILES string of the molecule is [2H]C([2H])([2H])N1[CH-]N(c2[c-]c(Oc3[c-]c4c(cc3)c3ccccc3n4-c3cc(C)c(-c4c(-n5c6ccccc6c6ccccc65)cccc4-n4c5ccccc5c5ccccc54)cn3)ccc2)c2ccccc21.[Pt]. The molecule has 0 unspecified atom stereocenters. The fourth-order valence-corrected chi connectivity index (χ4v) is 10.7. The third kappa shape index (κ3) is 6.35. The van der Waals surface area contributed by atoms with Crippen molar-refractivity contribution in [3.05, 3.63) is 231 Å². The minimum Gasteiger partial charge on any atom is -0.509 e. The van der Waals surface area contributed by atoms with E-state index in [1.165, 1.54) is 26.4 Å². The van der Waals surface area contributed by atoms with Crippen LogP contribution in [0.25, 0.3) is 93.7 Å². The van der Waals surface area contributed by atoms with Crippen LogP contribution in [-0.4, -0.2) is 25.7 Å². The van der Waals surface area contributed by atoms with E-state index in [4.69, 9.17) is 13.8 Å². The quantitative estimate of drug-likeness (QED) is 0.149. The average molecular weight is 1080 g/mol. The van der Waals surface area contributed by atoms with Gasteiger partial charge < -0.3 is 28.2 Å². The first-order valence-corrected chi connectivity index (χ1v) is 23.0. The Morgan fingerprint density at radius 3 is 1.54 bits per heavy atom. The molecule has 1 aliphatic heterocycles. The van der Waals surface area contributed by atoms with Gasteiger partial charge in [-0.25, -0.2) is 4.98 Å². The van der Waals surface area contributed by atoms with E-state index in [0.717, 1.165) is 83.4 Å². The molecule has 0 radical (unpaired) electrons. The molecule has 0 saturated heterocycles. The molecule has 4 aromatic heterocycles. The molecule has 0 spiro atoms. The van der Waals surface area contributed by atoms with E-state index in [-0.39, 0.29) is 21.1 Å². The number of fused-ring (bicyclic) bond motifs is 10. The van der Waals surface area contributed by atoms with E-state index in [9.17, 15) is 0 Å². The maximum atomic E-state index is 8.17. The first-order chi connectivity index (χ1) is 35.3. The predicted molar refractivity (Wildman–Crippen MR) is 283 cm³/mol. The zero-order chi connectivity index (χ0) is 48.2. The second-order valence-corrected chi connectivity index (χ2v) is 17.6. The number of ether oxygens (including phenoxy) is 1. The fourth-order valence-electron chi connectivity index (χ4n) is 10.7. The van der Waals surface area contributed by atoms with Gasteiger partial charge in [0.05, 0.1) is 33.4 Å². The van der Waals surface area contributed by atoms with Gasteiger partial charge in [-0.05, 0) is 85.5 Å². The van der Waals surface area contributed by atoms with Gasteiger partial charge in [-0.2, -0.15) is 18.8 Å². The van der Waals surface area contributed by atoms with Crippen LogP contribution in [0, 0.1) is 25.7 Å². The van der Waals surface area contributed by atoms with Crippen LogP contribution in [0.3, 0.4) is 0 Å². The molecule has 0 aliphatic carbocycles. The molecule has 0 saturated carbocycles. The zero-order valence-electron chi connectivity index (χ0n) is 40.6. The van der Waals surface area contributed by atoms with E-state index in [1.807, 2.05) is 59.6 Å². The Morgan fingerprint density at radius 1 is 0.486 bits per heavy atom. The van der Waals surface area contributed by atoms with E-state index in [2.05, 4.69) is 184 Å². The number of aryl methyl sites for hydroxylation is 1. The number of hydrogen-bond donors (Lipinski definition) is 0. The first-order valence-electron chi connectivity index (χ1n) is 24.5. The van der Waals surface area contributed by atoms with Crippen LogP contribution in [-0.2, 0) is 21.1 Å². The summed E-state index contributed by atoms with van der Waals surface area (Å²) in [4.78, 5) is 8.52. The average Bonchev–Trinajstić information content (AvgIpc) is 4.16. The summed E-state index contributed by atoms with van der Waals surface area (Å²) < 4.78 is 38.1. The molecule has 338 valence electrons. The smallest absolute Gasteiger partial charge is 0.135 e. The van der Waals surface area contributed by atoms with Gasteiger partial charge in [-0.3, -0.25) is 0 Å². The van der Waals surface area contributed by atoms with Gasteiger partial charge >= 0.3 is 0 Å². The van der Waals surface area contributed by atoms with Crippen molar-refractivity contribution in [1.82, 2.24) is 18.7 Å². The fraction of sp³-hybridized carbons (Fsp3) is 0.0323. The summed E-state index contributed by atoms with van der Waals surface area (Å²) in [6.45, 7) is 1.42. The minimum atomic E-state index is -2.36. The summed E-state index contributed by atoms with van der Waals surface area (Å²) in [7, 11) is 0. The summed E-state index contributed by atoms with van der Waals surface area (Å²) in [5.41, 5.74) is 13.5. The number of pyridine rings is 1. The number of benzene rings is 9. The Hall–Kier alpha value is -8.38. The van der Waals surface area contributed by atoms with E-state index in [0.29, 0.717) is 22.9 Å². The number of nitrogens with zero attached hydrogens (tertiary/aromatic N) is 6. The maximum Gasteiger partial charge on any atom is 0.135 e. The van der Waals surface area contributed by atoms with E-state index < -0.39 is 6.98 Å². The molecule has 7 nitrogen and oxygen atoms in total. The molecule has 13 aromatic rings. The number of rotatable bonds is 7. The van der Waals surface area contributed by atoms with Crippen molar-refractivity contribution in [1.29, 1.82) is 0 Å². The first kappa shape index (κ1) is 38.6. The van der Waals surface area contributed by atoms with Gasteiger partial charge in [0.15, 0.2) is 0 Å². The summed E-state index contributed by atoms with van der Waals surface area (Å²) >= 11 is 0. The summed E-state index contributed by atoms with van der Waals surface area (Å²) in [6.07, 6.45) is 2.04. The molecular formula is C62H41N6OPt-3. The number of aromatic nitrogens is 4. The topological polar surface area (TPSA) is 43.4 Å². The second kappa shape index (κ2) is 16.4. The third-order valence-electron chi connectivity index (χ3n) is 13.7. The van der Waals surface area contributed by atoms with Crippen LogP contribution in [0.15, 0.2) is 206 Å². The molecule has 0 amide bonds. The molecule has 0 bridgehead atoms. The maximum absolute atomic E-state index is 8.17. The van der Waals surface area contributed by atoms with Crippen molar-refractivity contribution in [2.45, 2.75) is 6.92 Å². The van der Waals surface area contributed by atoms with Crippen LogP contribution in [0.1, 0.15) is 9.68 Å². The van der Waals surface area contributed by atoms with Gasteiger partial charge in [0.1, 0.15) is 5.82 Å². The predicted octanol–water partition coefficient (Wildman–Crippen LogP) is 15.4. The normalized spacial score (nSPS) is 13.3. The summed E-state index contributed by atoms with van der Waals surface area (Å²) in [5, 5.41) is 6.86. The Balaban J connectivity index is 0.00000516. The largest absolute Gasteiger partial charge is 0.509 e. The van der Waals surface area contributed by atoms with Gasteiger partial charge in [-0.15, -0.1) is 41.4 Å². The molecule has 8 heteroatoms. The second-order valence-electron chi connectivity index (χ2n) is 17.6. The molecule has 0 N–H and O–H groups in total. The standard InChI is InChI=1S/C62H41N6O.Pt/c1-40-35-61(68-55-28-12-7-23-48(55)49-34-33-43(37-60(49)68)69-42-18-15-17-41(36-42)65-39-64(2)56-29-13-14-30-57(56)65)63-38-50(40)62-58(66-51-24-8-3-19-44(51)45-20-4-9-25-52(45)66)31-16-32-59(62)67-53-26-10-5-21-46(53)47-22-6-11-27-54(47)67;/h3-35,38-39H,1-2H3;/q-3;/i2D3;. The van der Waals surface area contributed by atoms with Crippen molar-refractivity contribution < 1.29 is 29.9 Å². The van der Waals surface area contributed by atoms with Gasteiger partial charge in [0, 0.05) is 92.4 Å². The van der Waals surface area contributed by atoms with Gasteiger partial charge in [-0.1, -0.05) is 115 Å². The molecule has 1 aliphatic rings. The van der Waals surface area contributed by atoms with Crippen molar-refractivity contribution in [2.75, 3.05) is 16.8 Å². The summed E-state index contributed by atoms with van der Waals surface area (Å²) in [6, 6.07) is 75.9. The zero-order valence-corrected chi connectivity index (χ0v) is 39.9. The van der Waals surface area contributed by atoms with Crippen LogP contribution >= 0.6 is 0 Å². The van der Waals surface area contributed by atoms with Crippen molar-refractivity contribution in [3.63, 3.8) is 0 Å². The molecule has 0 atom stereocenters. The Kier molecular flexibility index (Phi) is 9.04. The van der Waals surface area contributed by atoms with Crippen LogP contribution < -0.4 is 14.5 Å². The Labute approximate surface area is 423 Å². The summed E-state index contributed by atoms with van der Waals surface area (Å²) in [5.74, 6) is 1.71. The number of para-hydroxylation sites is 7. The molecule has 70 heavy (non-hydrogen) atoms. The molecule has 0 fully saturated rings. The van der Waals surface area contributed by atoms with Crippen LogP contribution in [0.5, 0.6) is 11.5 Å². The van der Waals surface area contributed by atoms with Crippen LogP contribution in [0.2, 0.25) is 0 Å². The monoisotopic (exact) mass is 1080 g/mol. The Bertz CT molecular complexity index is 4100. The van der Waals surface area contributed by atoms with E-state index in [1.54, 1.807) is 6.67 Å². The van der Waals surface area contributed by atoms with E-state index >= 15 is 0 Å². The number of anilines is 3. The van der Waals surface area contributed by atoms with Crippen molar-refractivity contribution in [2.24, 2.45) is 0 Å². The van der Waals surface area contributed by atoms with Crippen LogP contribution in [0.4, 0.5) is 17.1 Å². The van der Waals surface area contributed by atoms with Crippen molar-refractivity contribution in [3.8, 4) is 39.8 Å². The minimum absolute atomic E-state index is 0. The van der Waals surface area contributed by atoms with Crippen molar-refractivity contribution >= 4 is 82.5 Å². The molecule has 9 aromatic carbocycles. The van der Waals surface area contributed by atoms with Gasteiger partial charge in [0.2, 0.25) is 0 Å². The third-order valence-corrected chi connectivity index (χ3v) is 13.7. The molecule has 14 rings (SSSR count). The Morgan fingerprint density at radius 2 is 0.971 bits per heavy atom. The molecule has 5 heterocycles. The number of hydrogen-bond acceptors (Lipinski definition) is 4. The molecular weight excluding hydrogens is 1040 g/mol.